The standard InChI is InChI=1S/C23H22F3NO2/c1-15-5-6-17(16-7-9-18(10-8-16)23(24,25)26)13-19(15)20-14-22(27(29)21(20)28)11-3-2-4-12-22/h5-10,13-14,29H,2-4,11-12H2,1H3. The molecule has 6 heteroatoms. The molecule has 1 amide bonds. The first-order valence-electron chi connectivity index (χ1n) is 9.76. The minimum atomic E-state index is -4.38. The quantitative estimate of drug-likeness (QED) is 0.627. The number of carbonyl (C=O) groups excluding carboxylic acids is 1. The zero-order valence-electron chi connectivity index (χ0n) is 16.1. The monoisotopic (exact) mass is 401 g/mol. The molecule has 1 saturated carbocycles. The van der Waals surface area contributed by atoms with Gasteiger partial charge in [0.2, 0.25) is 0 Å². The number of halogens is 3. The second-order valence-corrected chi connectivity index (χ2v) is 7.94. The summed E-state index contributed by atoms with van der Waals surface area (Å²) in [7, 11) is 0. The molecule has 0 unspecified atom stereocenters. The van der Waals surface area contributed by atoms with E-state index in [2.05, 4.69) is 0 Å². The minimum Gasteiger partial charge on any atom is -0.285 e. The van der Waals surface area contributed by atoms with Crippen LogP contribution in [0.4, 0.5) is 13.2 Å². The molecule has 1 aliphatic carbocycles. The summed E-state index contributed by atoms with van der Waals surface area (Å²) in [5.74, 6) is -0.417. The molecule has 0 radical (unpaired) electrons. The van der Waals surface area contributed by atoms with Gasteiger partial charge in [0.05, 0.1) is 11.1 Å². The third-order valence-electron chi connectivity index (χ3n) is 6.05. The summed E-state index contributed by atoms with van der Waals surface area (Å²) in [5.41, 5.74) is 2.07. The van der Waals surface area contributed by atoms with Crippen LogP contribution < -0.4 is 0 Å². The van der Waals surface area contributed by atoms with Crippen LogP contribution in [0.1, 0.15) is 48.8 Å². The van der Waals surface area contributed by atoms with Crippen LogP contribution >= 0.6 is 0 Å². The Labute approximate surface area is 167 Å². The Morgan fingerprint density at radius 2 is 1.59 bits per heavy atom. The maximum atomic E-state index is 12.8. The average Bonchev–Trinajstić information content (AvgIpc) is 2.93. The number of nitrogens with zero attached hydrogens (tertiary/aromatic N) is 1. The predicted octanol–water partition coefficient (Wildman–Crippen LogP) is 6.00. The lowest BCUT2D eigenvalue weighted by atomic mass is 9.81. The van der Waals surface area contributed by atoms with Gasteiger partial charge in [-0.05, 0) is 66.3 Å². The number of aryl methyl sites for hydroxylation is 1. The normalized spacial score (nSPS) is 19.0. The van der Waals surface area contributed by atoms with Crippen LogP contribution in [0, 0.1) is 6.92 Å². The van der Waals surface area contributed by atoms with Crippen molar-refractivity contribution in [2.75, 3.05) is 0 Å². The number of rotatable bonds is 2. The average molecular weight is 401 g/mol. The summed E-state index contributed by atoms with van der Waals surface area (Å²) in [5, 5.41) is 11.4. The number of hydrogen-bond donors (Lipinski definition) is 1. The van der Waals surface area contributed by atoms with Gasteiger partial charge >= 0.3 is 6.18 Å². The van der Waals surface area contributed by atoms with E-state index in [0.29, 0.717) is 16.7 Å². The fourth-order valence-electron chi connectivity index (χ4n) is 4.36. The highest BCUT2D eigenvalue weighted by Gasteiger charge is 2.46. The van der Waals surface area contributed by atoms with Gasteiger partial charge in [-0.25, -0.2) is 5.06 Å². The van der Waals surface area contributed by atoms with Crippen molar-refractivity contribution in [2.24, 2.45) is 0 Å². The molecule has 2 aromatic rings. The molecular weight excluding hydrogens is 379 g/mol. The molecule has 1 N–H and O–H groups in total. The Morgan fingerprint density at radius 3 is 2.21 bits per heavy atom. The smallest absolute Gasteiger partial charge is 0.285 e. The molecule has 1 fully saturated rings. The Hall–Kier alpha value is -2.60. The third kappa shape index (κ3) is 3.46. The second-order valence-electron chi connectivity index (χ2n) is 7.94. The number of carbonyl (C=O) groups is 1. The molecule has 2 aromatic carbocycles. The van der Waals surface area contributed by atoms with Crippen LogP contribution in [0.3, 0.4) is 0 Å². The lowest BCUT2D eigenvalue weighted by Crippen LogP contribution is -2.45. The van der Waals surface area contributed by atoms with Crippen LogP contribution in [0.25, 0.3) is 16.7 Å². The van der Waals surface area contributed by atoms with E-state index in [1.165, 1.54) is 12.1 Å². The van der Waals surface area contributed by atoms with Gasteiger partial charge in [0, 0.05) is 5.57 Å². The van der Waals surface area contributed by atoms with E-state index >= 15 is 0 Å². The van der Waals surface area contributed by atoms with Crippen molar-refractivity contribution < 1.29 is 23.2 Å². The lowest BCUT2D eigenvalue weighted by Gasteiger charge is -2.36. The van der Waals surface area contributed by atoms with Crippen molar-refractivity contribution in [3.8, 4) is 11.1 Å². The maximum absolute atomic E-state index is 12.8. The first-order chi connectivity index (χ1) is 13.7. The predicted molar refractivity (Wildman–Crippen MR) is 104 cm³/mol. The van der Waals surface area contributed by atoms with E-state index in [1.54, 1.807) is 0 Å². The number of alkyl halides is 3. The zero-order chi connectivity index (χ0) is 20.8. The Balaban J connectivity index is 1.72. The van der Waals surface area contributed by atoms with E-state index in [0.717, 1.165) is 60.4 Å². The van der Waals surface area contributed by atoms with Crippen molar-refractivity contribution in [3.05, 3.63) is 65.2 Å². The number of benzene rings is 2. The van der Waals surface area contributed by atoms with Gasteiger partial charge in [0.1, 0.15) is 0 Å². The SMILES string of the molecule is Cc1ccc(-c2ccc(C(F)(F)F)cc2)cc1C1=CC2(CCCCC2)N(O)C1=O. The highest BCUT2D eigenvalue weighted by Crippen LogP contribution is 2.43. The van der Waals surface area contributed by atoms with Crippen LogP contribution in [0.15, 0.2) is 48.5 Å². The Bertz CT molecular complexity index is 971. The minimum absolute atomic E-state index is 0.417. The molecule has 2 aliphatic rings. The van der Waals surface area contributed by atoms with E-state index in [-0.39, 0.29) is 0 Å². The molecule has 4 rings (SSSR count). The van der Waals surface area contributed by atoms with Gasteiger partial charge in [-0.1, -0.05) is 43.5 Å². The fourth-order valence-corrected chi connectivity index (χ4v) is 4.36. The van der Waals surface area contributed by atoms with Gasteiger partial charge in [-0.3, -0.25) is 10.0 Å². The molecule has 29 heavy (non-hydrogen) atoms. The first-order valence-corrected chi connectivity index (χ1v) is 9.76. The lowest BCUT2D eigenvalue weighted by molar-refractivity contribution is -0.180. The topological polar surface area (TPSA) is 40.5 Å². The summed E-state index contributed by atoms with van der Waals surface area (Å²) < 4.78 is 38.5. The highest BCUT2D eigenvalue weighted by atomic mass is 19.4. The van der Waals surface area contributed by atoms with Gasteiger partial charge in [0.25, 0.3) is 5.91 Å². The third-order valence-corrected chi connectivity index (χ3v) is 6.05. The van der Waals surface area contributed by atoms with Gasteiger partial charge in [-0.2, -0.15) is 13.2 Å². The molecule has 1 spiro atoms. The molecule has 0 aromatic heterocycles. The molecule has 1 aliphatic heterocycles. The maximum Gasteiger partial charge on any atom is 0.416 e. The van der Waals surface area contributed by atoms with E-state index in [1.807, 2.05) is 31.2 Å². The van der Waals surface area contributed by atoms with Gasteiger partial charge in [-0.15, -0.1) is 0 Å². The number of hydroxylamine groups is 2. The van der Waals surface area contributed by atoms with Crippen molar-refractivity contribution in [3.63, 3.8) is 0 Å². The largest absolute Gasteiger partial charge is 0.416 e. The summed E-state index contributed by atoms with van der Waals surface area (Å²) in [4.78, 5) is 12.8. The van der Waals surface area contributed by atoms with Crippen molar-refractivity contribution >= 4 is 11.5 Å². The molecule has 0 atom stereocenters. The Morgan fingerprint density at radius 1 is 0.966 bits per heavy atom. The van der Waals surface area contributed by atoms with Gasteiger partial charge < -0.3 is 0 Å². The molecule has 1 heterocycles. The first kappa shape index (κ1) is 19.7. The van der Waals surface area contributed by atoms with Crippen LogP contribution in [0.5, 0.6) is 0 Å². The van der Waals surface area contributed by atoms with Crippen molar-refractivity contribution in [1.29, 1.82) is 0 Å². The van der Waals surface area contributed by atoms with E-state index < -0.39 is 23.2 Å². The summed E-state index contributed by atoms with van der Waals surface area (Å²) in [6.07, 6.45) is 1.98. The van der Waals surface area contributed by atoms with E-state index in [9.17, 15) is 23.2 Å². The van der Waals surface area contributed by atoms with Gasteiger partial charge in [0.15, 0.2) is 0 Å². The second kappa shape index (κ2) is 7.02. The summed E-state index contributed by atoms with van der Waals surface area (Å²) >= 11 is 0. The van der Waals surface area contributed by atoms with Crippen LogP contribution in [0.2, 0.25) is 0 Å². The van der Waals surface area contributed by atoms with Crippen molar-refractivity contribution in [1.82, 2.24) is 5.06 Å². The number of amides is 1. The summed E-state index contributed by atoms with van der Waals surface area (Å²) in [6.45, 7) is 1.88. The van der Waals surface area contributed by atoms with E-state index in [4.69, 9.17) is 0 Å². The Kier molecular flexibility index (Phi) is 4.77. The summed E-state index contributed by atoms with van der Waals surface area (Å²) in [6, 6.07) is 10.5. The zero-order valence-corrected chi connectivity index (χ0v) is 16.1. The molecule has 3 nitrogen and oxygen atoms in total. The number of hydrogen-bond acceptors (Lipinski definition) is 2. The molecule has 152 valence electrons. The van der Waals surface area contributed by atoms with Crippen LogP contribution in [-0.4, -0.2) is 21.7 Å². The molecular formula is C23H22F3NO2. The molecule has 0 saturated heterocycles. The highest BCUT2D eigenvalue weighted by molar-refractivity contribution is 6.22. The fraction of sp³-hybridized carbons (Fsp3) is 0.348. The van der Waals surface area contributed by atoms with Crippen molar-refractivity contribution in [2.45, 2.75) is 50.7 Å². The van der Waals surface area contributed by atoms with Crippen LogP contribution in [-0.2, 0) is 11.0 Å². The molecule has 0 bridgehead atoms.